The molecule has 1 aliphatic heterocycles. The van der Waals surface area contributed by atoms with Crippen LogP contribution in [0.2, 0.25) is 0 Å². The van der Waals surface area contributed by atoms with Crippen molar-refractivity contribution in [3.05, 3.63) is 54.7 Å². The molecule has 1 saturated heterocycles. The molecule has 162 valence electrons. The summed E-state index contributed by atoms with van der Waals surface area (Å²) in [4.78, 5) is 7.00. The van der Waals surface area contributed by atoms with E-state index in [2.05, 4.69) is 33.9 Å². The highest BCUT2D eigenvalue weighted by Gasteiger charge is 2.25. The average molecular weight is 441 g/mol. The number of nitrogens with zero attached hydrogens (tertiary/aromatic N) is 3. The van der Waals surface area contributed by atoms with Gasteiger partial charge in [-0.25, -0.2) is 18.5 Å². The van der Waals surface area contributed by atoms with Crippen LogP contribution in [0.4, 0.5) is 17.5 Å². The molecule has 1 aliphatic rings. The summed E-state index contributed by atoms with van der Waals surface area (Å²) in [6, 6.07) is 10.4. The molecule has 3 aromatic rings. The zero-order chi connectivity index (χ0) is 22.0. The Morgan fingerprint density at radius 2 is 2.13 bits per heavy atom. The number of aromatic amines is 1. The van der Waals surface area contributed by atoms with Crippen LogP contribution in [0.25, 0.3) is 17.2 Å². The Kier molecular flexibility index (Phi) is 5.77. The number of anilines is 3. The van der Waals surface area contributed by atoms with Gasteiger partial charge in [0.2, 0.25) is 10.0 Å². The van der Waals surface area contributed by atoms with Crippen LogP contribution in [0.1, 0.15) is 12.5 Å². The molecule has 0 spiro atoms. The van der Waals surface area contributed by atoms with Gasteiger partial charge < -0.3 is 15.0 Å². The van der Waals surface area contributed by atoms with E-state index in [9.17, 15) is 8.42 Å². The fourth-order valence-corrected chi connectivity index (χ4v) is 4.42. The standard InChI is InChI=1S/C21H24N6O3S/c1-3-15-17(16-6-4-5-7-18(16)31(22,28)29)12-20(27-10-11-30-13-14(27)2)25-21(15)24-19-8-9-23-26-19/h3-9,12,14H,1,10-11,13H2,2H3,(H2,22,28,29)(H2,23,24,25,26)/t14-/m1/s1. The van der Waals surface area contributed by atoms with Gasteiger partial charge in [-0.1, -0.05) is 30.9 Å². The van der Waals surface area contributed by atoms with E-state index in [1.165, 1.54) is 6.07 Å². The first-order valence-electron chi connectivity index (χ1n) is 9.79. The Labute approximate surface area is 181 Å². The minimum absolute atomic E-state index is 0.0380. The number of hydrogen-bond acceptors (Lipinski definition) is 7. The maximum absolute atomic E-state index is 12.3. The van der Waals surface area contributed by atoms with Crippen LogP contribution in [0.15, 0.2) is 54.1 Å². The van der Waals surface area contributed by atoms with Crippen LogP contribution in [0, 0.1) is 0 Å². The number of nitrogens with one attached hydrogen (secondary N) is 2. The molecule has 4 N–H and O–H groups in total. The number of H-pyrrole nitrogens is 1. The number of benzene rings is 1. The molecule has 31 heavy (non-hydrogen) atoms. The molecule has 3 heterocycles. The molecule has 0 radical (unpaired) electrons. The van der Waals surface area contributed by atoms with E-state index in [0.29, 0.717) is 53.9 Å². The lowest BCUT2D eigenvalue weighted by molar-refractivity contribution is 0.0985. The van der Waals surface area contributed by atoms with Crippen LogP contribution >= 0.6 is 0 Å². The normalized spacial score (nSPS) is 16.8. The van der Waals surface area contributed by atoms with Gasteiger partial charge in [-0.3, -0.25) is 5.10 Å². The van der Waals surface area contributed by atoms with Crippen LogP contribution in [0.5, 0.6) is 0 Å². The van der Waals surface area contributed by atoms with Crippen molar-refractivity contribution in [3.63, 3.8) is 0 Å². The number of sulfonamides is 1. The second-order valence-electron chi connectivity index (χ2n) is 7.24. The van der Waals surface area contributed by atoms with E-state index >= 15 is 0 Å². The van der Waals surface area contributed by atoms with Crippen molar-refractivity contribution in [1.29, 1.82) is 0 Å². The first kappa shape index (κ1) is 21.0. The van der Waals surface area contributed by atoms with Gasteiger partial charge in [0.1, 0.15) is 11.6 Å². The third-order valence-corrected chi connectivity index (χ3v) is 6.11. The highest BCUT2D eigenvalue weighted by atomic mass is 32.2. The van der Waals surface area contributed by atoms with Crippen molar-refractivity contribution in [1.82, 2.24) is 15.2 Å². The lowest BCUT2D eigenvalue weighted by Gasteiger charge is -2.35. The second-order valence-corrected chi connectivity index (χ2v) is 8.77. The molecular weight excluding hydrogens is 416 g/mol. The zero-order valence-corrected chi connectivity index (χ0v) is 17.9. The van der Waals surface area contributed by atoms with Crippen LogP contribution in [0.3, 0.4) is 0 Å². The second kappa shape index (κ2) is 8.50. The van der Waals surface area contributed by atoms with Crippen molar-refractivity contribution in [2.75, 3.05) is 30.0 Å². The Morgan fingerprint density at radius 1 is 1.32 bits per heavy atom. The van der Waals surface area contributed by atoms with Gasteiger partial charge in [0.15, 0.2) is 5.82 Å². The van der Waals surface area contributed by atoms with Crippen molar-refractivity contribution < 1.29 is 13.2 Å². The van der Waals surface area contributed by atoms with Gasteiger partial charge in [0.25, 0.3) is 0 Å². The SMILES string of the molecule is C=Cc1c(-c2ccccc2S(N)(=O)=O)cc(N2CCOC[C@H]2C)nc1Nc1cc[nH]n1. The summed E-state index contributed by atoms with van der Waals surface area (Å²) >= 11 is 0. The van der Waals surface area contributed by atoms with Crippen molar-refractivity contribution in [3.8, 4) is 11.1 Å². The minimum Gasteiger partial charge on any atom is -0.377 e. The third kappa shape index (κ3) is 4.31. The third-order valence-electron chi connectivity index (χ3n) is 5.14. The monoisotopic (exact) mass is 440 g/mol. The van der Waals surface area contributed by atoms with E-state index in [0.717, 1.165) is 0 Å². The van der Waals surface area contributed by atoms with Crippen molar-refractivity contribution >= 4 is 33.6 Å². The van der Waals surface area contributed by atoms with E-state index in [-0.39, 0.29) is 10.9 Å². The highest BCUT2D eigenvalue weighted by Crippen LogP contribution is 2.37. The molecule has 2 aromatic heterocycles. The van der Waals surface area contributed by atoms with Crippen molar-refractivity contribution in [2.45, 2.75) is 17.9 Å². The molecule has 0 saturated carbocycles. The van der Waals surface area contributed by atoms with Gasteiger partial charge in [0, 0.05) is 29.9 Å². The Balaban J connectivity index is 1.95. The van der Waals surface area contributed by atoms with Crippen LogP contribution in [-0.4, -0.2) is 49.4 Å². The Morgan fingerprint density at radius 3 is 2.81 bits per heavy atom. The van der Waals surface area contributed by atoms with Crippen LogP contribution in [-0.2, 0) is 14.8 Å². The Hall–Kier alpha value is -3.21. The number of primary sulfonamides is 1. The predicted octanol–water partition coefficient (Wildman–Crippen LogP) is 2.73. The maximum Gasteiger partial charge on any atom is 0.238 e. The smallest absolute Gasteiger partial charge is 0.238 e. The number of morpholine rings is 1. The lowest BCUT2D eigenvalue weighted by Crippen LogP contribution is -2.44. The number of rotatable bonds is 6. The first-order valence-corrected chi connectivity index (χ1v) is 11.3. The highest BCUT2D eigenvalue weighted by molar-refractivity contribution is 7.89. The minimum atomic E-state index is -3.94. The molecule has 0 aliphatic carbocycles. The van der Waals surface area contributed by atoms with Gasteiger partial charge in [-0.2, -0.15) is 5.10 Å². The molecule has 10 heteroatoms. The number of nitrogens with two attached hydrogens (primary N) is 1. The molecule has 1 aromatic carbocycles. The summed E-state index contributed by atoms with van der Waals surface area (Å²) in [5.41, 5.74) is 1.78. The molecule has 4 rings (SSSR count). The quantitative estimate of drug-likeness (QED) is 0.538. The zero-order valence-electron chi connectivity index (χ0n) is 17.1. The number of hydrogen-bond donors (Lipinski definition) is 3. The van der Waals surface area contributed by atoms with Crippen LogP contribution < -0.4 is 15.4 Å². The molecule has 9 nitrogen and oxygen atoms in total. The summed E-state index contributed by atoms with van der Waals surface area (Å²) in [5, 5.41) is 15.6. The van der Waals surface area contributed by atoms with E-state index in [4.69, 9.17) is 14.9 Å². The maximum atomic E-state index is 12.3. The van der Waals surface area contributed by atoms with Gasteiger partial charge in [-0.15, -0.1) is 0 Å². The predicted molar refractivity (Wildman–Crippen MR) is 121 cm³/mol. The molecular formula is C21H24N6O3S. The van der Waals surface area contributed by atoms with E-state index < -0.39 is 10.0 Å². The number of aromatic nitrogens is 3. The molecule has 1 atom stereocenters. The van der Waals surface area contributed by atoms with Gasteiger partial charge in [-0.05, 0) is 24.6 Å². The topological polar surface area (TPSA) is 126 Å². The average Bonchev–Trinajstić information content (AvgIpc) is 3.26. The molecule has 0 bridgehead atoms. The number of ether oxygens (including phenoxy) is 1. The lowest BCUT2D eigenvalue weighted by atomic mass is 9.99. The molecule has 1 fully saturated rings. The summed E-state index contributed by atoms with van der Waals surface area (Å²) in [7, 11) is -3.94. The molecule has 0 unspecified atom stereocenters. The Bertz CT molecular complexity index is 1190. The van der Waals surface area contributed by atoms with Gasteiger partial charge >= 0.3 is 0 Å². The number of pyridine rings is 1. The summed E-state index contributed by atoms with van der Waals surface area (Å²) in [6.45, 7) is 7.82. The first-order chi connectivity index (χ1) is 14.9. The van der Waals surface area contributed by atoms with Gasteiger partial charge in [0.05, 0.1) is 24.2 Å². The fraction of sp³-hybridized carbons (Fsp3) is 0.238. The summed E-state index contributed by atoms with van der Waals surface area (Å²) in [6.07, 6.45) is 3.34. The van der Waals surface area contributed by atoms with E-state index in [1.54, 1.807) is 36.5 Å². The summed E-state index contributed by atoms with van der Waals surface area (Å²) < 4.78 is 30.1. The summed E-state index contributed by atoms with van der Waals surface area (Å²) in [5.74, 6) is 1.78. The van der Waals surface area contributed by atoms with Crippen molar-refractivity contribution in [2.24, 2.45) is 5.14 Å². The fourth-order valence-electron chi connectivity index (χ4n) is 3.67. The largest absolute Gasteiger partial charge is 0.377 e. The van der Waals surface area contributed by atoms with E-state index in [1.807, 2.05) is 6.07 Å². The molecule has 0 amide bonds.